The maximum absolute atomic E-state index is 12.3. The van der Waals surface area contributed by atoms with Crippen molar-refractivity contribution in [2.45, 2.75) is 154 Å². The van der Waals surface area contributed by atoms with E-state index in [1.54, 1.807) is 0 Å². The summed E-state index contributed by atoms with van der Waals surface area (Å²) in [6.07, 6.45) is 23.5. The van der Waals surface area contributed by atoms with Crippen molar-refractivity contribution in [3.63, 3.8) is 0 Å². The van der Waals surface area contributed by atoms with E-state index in [-0.39, 0.29) is 0 Å². The van der Waals surface area contributed by atoms with Crippen LogP contribution in [0.25, 0.3) is 0 Å². The van der Waals surface area contributed by atoms with Gasteiger partial charge in [0.15, 0.2) is 0 Å². The zero-order chi connectivity index (χ0) is 26.9. The van der Waals surface area contributed by atoms with Crippen LogP contribution in [0, 0.1) is 0 Å². The highest BCUT2D eigenvalue weighted by molar-refractivity contribution is 5.80. The maximum Gasteiger partial charge on any atom is 0.249 e. The largest absolute Gasteiger partial charge is 0.394 e. The first kappa shape index (κ1) is 34.8. The van der Waals surface area contributed by atoms with Gasteiger partial charge in [-0.15, -0.1) is 0 Å². The van der Waals surface area contributed by atoms with Gasteiger partial charge in [-0.2, -0.15) is 0 Å². The molecule has 1 amide bonds. The zero-order valence-electron chi connectivity index (χ0n) is 23.3. The van der Waals surface area contributed by atoms with Gasteiger partial charge in [-0.3, -0.25) is 4.79 Å². The number of rotatable bonds is 25. The first-order valence-electron chi connectivity index (χ1n) is 14.7. The molecule has 0 fully saturated rings. The van der Waals surface area contributed by atoms with Crippen LogP contribution in [0.2, 0.25) is 0 Å². The van der Waals surface area contributed by atoms with Crippen LogP contribution in [0.4, 0.5) is 0 Å². The van der Waals surface area contributed by atoms with Crippen LogP contribution in [-0.4, -0.2) is 57.3 Å². The molecule has 0 aromatic rings. The standard InChI is InChI=1S/C30H57NO5/c1-3-5-7-9-11-13-15-17-19-21-23-27(33)29(35)26(25-32)31-30(36)28(34)24-22-20-18-16-14-12-10-8-6-4-2/h7,9,15,17,26-29,32-35H,3-6,8,10-14,16,18-25H2,1-2H3,(H,31,36)/b9-7+,17-15+. The fourth-order valence-corrected chi connectivity index (χ4v) is 4.19. The van der Waals surface area contributed by atoms with E-state index in [1.165, 1.54) is 51.4 Å². The molecule has 0 bridgehead atoms. The molecule has 0 saturated heterocycles. The molecule has 0 aromatic carbocycles. The Morgan fingerprint density at radius 3 is 1.75 bits per heavy atom. The summed E-state index contributed by atoms with van der Waals surface area (Å²) in [5.41, 5.74) is 0. The van der Waals surface area contributed by atoms with Crippen LogP contribution in [0.1, 0.15) is 129 Å². The van der Waals surface area contributed by atoms with E-state index in [2.05, 4.69) is 43.5 Å². The normalized spacial score (nSPS) is 15.4. The predicted molar refractivity (Wildman–Crippen MR) is 150 cm³/mol. The van der Waals surface area contributed by atoms with Gasteiger partial charge in [-0.05, 0) is 44.9 Å². The fourth-order valence-electron chi connectivity index (χ4n) is 4.19. The van der Waals surface area contributed by atoms with Crippen LogP contribution < -0.4 is 5.32 Å². The first-order valence-corrected chi connectivity index (χ1v) is 14.7. The lowest BCUT2D eigenvalue weighted by Gasteiger charge is -2.27. The second-order valence-corrected chi connectivity index (χ2v) is 10.1. The minimum absolute atomic E-state index is 0.361. The molecule has 6 heteroatoms. The summed E-state index contributed by atoms with van der Waals surface area (Å²) in [6, 6.07) is -1.000. The molecule has 6 nitrogen and oxygen atoms in total. The number of allylic oxidation sites excluding steroid dienone is 4. The molecule has 212 valence electrons. The number of amides is 1. The predicted octanol–water partition coefficient (Wildman–Crippen LogP) is 5.72. The lowest BCUT2D eigenvalue weighted by atomic mass is 10.00. The van der Waals surface area contributed by atoms with Gasteiger partial charge in [0.2, 0.25) is 5.91 Å². The van der Waals surface area contributed by atoms with Crippen molar-refractivity contribution in [3.8, 4) is 0 Å². The third-order valence-electron chi connectivity index (χ3n) is 6.62. The van der Waals surface area contributed by atoms with Gasteiger partial charge < -0.3 is 25.7 Å². The Balaban J connectivity index is 4.02. The summed E-state index contributed by atoms with van der Waals surface area (Å²) in [5, 5.41) is 42.9. The molecule has 0 aromatic heterocycles. The van der Waals surface area contributed by atoms with E-state index in [0.717, 1.165) is 44.9 Å². The van der Waals surface area contributed by atoms with Crippen LogP contribution in [0.3, 0.4) is 0 Å². The van der Waals surface area contributed by atoms with E-state index in [1.807, 2.05) is 0 Å². The summed E-state index contributed by atoms with van der Waals surface area (Å²) in [4.78, 5) is 12.3. The lowest BCUT2D eigenvalue weighted by Crippen LogP contribution is -2.53. The van der Waals surface area contributed by atoms with Gasteiger partial charge in [0.1, 0.15) is 12.2 Å². The molecule has 36 heavy (non-hydrogen) atoms. The van der Waals surface area contributed by atoms with Crippen LogP contribution >= 0.6 is 0 Å². The third kappa shape index (κ3) is 19.9. The van der Waals surface area contributed by atoms with Crippen molar-refractivity contribution >= 4 is 5.91 Å². The second kappa shape index (κ2) is 25.4. The number of carbonyl (C=O) groups excluding carboxylic acids is 1. The Morgan fingerprint density at radius 1 is 0.667 bits per heavy atom. The quantitative estimate of drug-likeness (QED) is 0.0795. The monoisotopic (exact) mass is 511 g/mol. The van der Waals surface area contributed by atoms with Crippen molar-refractivity contribution < 1.29 is 25.2 Å². The summed E-state index contributed by atoms with van der Waals surface area (Å²) in [5.74, 6) is -0.604. The number of carbonyl (C=O) groups is 1. The fraction of sp³-hybridized carbons (Fsp3) is 0.833. The van der Waals surface area contributed by atoms with Crippen molar-refractivity contribution in [2.75, 3.05) is 6.61 Å². The van der Waals surface area contributed by atoms with Crippen molar-refractivity contribution in [2.24, 2.45) is 0 Å². The maximum atomic E-state index is 12.3. The van der Waals surface area contributed by atoms with Gasteiger partial charge in [0.05, 0.1) is 18.8 Å². The number of hydrogen-bond donors (Lipinski definition) is 5. The molecule has 4 atom stereocenters. The van der Waals surface area contributed by atoms with E-state index in [9.17, 15) is 25.2 Å². The summed E-state index contributed by atoms with van der Waals surface area (Å²) in [6.45, 7) is 3.89. The van der Waals surface area contributed by atoms with Gasteiger partial charge in [-0.25, -0.2) is 0 Å². The Hall–Kier alpha value is -1.21. The van der Waals surface area contributed by atoms with Crippen LogP contribution in [-0.2, 0) is 4.79 Å². The molecule has 0 saturated carbocycles. The highest BCUT2D eigenvalue weighted by Gasteiger charge is 2.28. The number of hydrogen-bond acceptors (Lipinski definition) is 5. The Kier molecular flexibility index (Phi) is 24.6. The summed E-state index contributed by atoms with van der Waals surface area (Å²) in [7, 11) is 0. The van der Waals surface area contributed by atoms with Gasteiger partial charge in [0.25, 0.3) is 0 Å². The molecule has 0 aliphatic heterocycles. The summed E-state index contributed by atoms with van der Waals surface area (Å²) >= 11 is 0. The minimum Gasteiger partial charge on any atom is -0.394 e. The van der Waals surface area contributed by atoms with Crippen LogP contribution in [0.5, 0.6) is 0 Å². The average molecular weight is 512 g/mol. The molecular formula is C30H57NO5. The van der Waals surface area contributed by atoms with Crippen LogP contribution in [0.15, 0.2) is 24.3 Å². The number of aliphatic hydroxyl groups excluding tert-OH is 4. The Labute approximate surface area is 221 Å². The number of nitrogens with one attached hydrogen (secondary N) is 1. The second-order valence-electron chi connectivity index (χ2n) is 10.1. The molecule has 0 heterocycles. The first-order chi connectivity index (χ1) is 17.5. The van der Waals surface area contributed by atoms with E-state index in [0.29, 0.717) is 19.3 Å². The number of unbranched alkanes of at least 4 members (excludes halogenated alkanes) is 12. The molecule has 0 spiro atoms. The lowest BCUT2D eigenvalue weighted by molar-refractivity contribution is -0.132. The van der Waals surface area contributed by atoms with E-state index < -0.39 is 36.9 Å². The van der Waals surface area contributed by atoms with Gasteiger partial charge in [-0.1, -0.05) is 109 Å². The topological polar surface area (TPSA) is 110 Å². The average Bonchev–Trinajstić information content (AvgIpc) is 2.88. The molecule has 5 N–H and O–H groups in total. The Morgan fingerprint density at radius 2 is 1.19 bits per heavy atom. The summed E-state index contributed by atoms with van der Waals surface area (Å²) < 4.78 is 0. The molecule has 0 aliphatic rings. The zero-order valence-corrected chi connectivity index (χ0v) is 23.3. The number of aliphatic hydroxyl groups is 4. The minimum atomic E-state index is -1.28. The van der Waals surface area contributed by atoms with Gasteiger partial charge >= 0.3 is 0 Å². The highest BCUT2D eigenvalue weighted by Crippen LogP contribution is 2.13. The van der Waals surface area contributed by atoms with E-state index in [4.69, 9.17) is 0 Å². The van der Waals surface area contributed by atoms with E-state index >= 15 is 0 Å². The molecular weight excluding hydrogens is 454 g/mol. The van der Waals surface area contributed by atoms with Crippen molar-refractivity contribution in [3.05, 3.63) is 24.3 Å². The molecule has 4 unspecified atom stereocenters. The van der Waals surface area contributed by atoms with Gasteiger partial charge in [0, 0.05) is 0 Å². The highest BCUT2D eigenvalue weighted by atomic mass is 16.3. The molecule has 0 aliphatic carbocycles. The molecule has 0 rings (SSSR count). The smallest absolute Gasteiger partial charge is 0.249 e. The van der Waals surface area contributed by atoms with Crippen molar-refractivity contribution in [1.82, 2.24) is 5.32 Å². The van der Waals surface area contributed by atoms with Crippen molar-refractivity contribution in [1.29, 1.82) is 0 Å². The SMILES string of the molecule is CCC/C=C/CC/C=C/CCCC(O)C(O)C(CO)NC(=O)C(O)CCCCCCCCCCCC. The Bertz CT molecular complexity index is 551. The third-order valence-corrected chi connectivity index (χ3v) is 6.62. The molecule has 0 radical (unpaired) electrons.